The van der Waals surface area contributed by atoms with Crippen molar-refractivity contribution in [2.75, 3.05) is 12.3 Å². The predicted molar refractivity (Wildman–Crippen MR) is 48.8 cm³/mol. The van der Waals surface area contributed by atoms with Crippen LogP contribution in [-0.2, 0) is 0 Å². The van der Waals surface area contributed by atoms with Gasteiger partial charge in [-0.05, 0) is 6.07 Å². The number of halogens is 2. The minimum absolute atomic E-state index is 0.387. The first-order valence-corrected chi connectivity index (χ1v) is 4.19. The summed E-state index contributed by atoms with van der Waals surface area (Å²) in [6, 6.07) is 2.12. The van der Waals surface area contributed by atoms with Crippen molar-refractivity contribution in [1.82, 2.24) is 0 Å². The van der Waals surface area contributed by atoms with E-state index in [0.29, 0.717) is 0 Å². The molecule has 0 saturated heterocycles. The summed E-state index contributed by atoms with van der Waals surface area (Å²) in [5.74, 6) is -2.60. The number of rotatable bonds is 3. The van der Waals surface area contributed by atoms with Crippen LogP contribution in [0.5, 0.6) is 0 Å². The first kappa shape index (κ1) is 11.8. The lowest BCUT2D eigenvalue weighted by Crippen LogP contribution is -2.23. The number of hydrogen-bond acceptors (Lipinski definition) is 4. The van der Waals surface area contributed by atoms with Crippen molar-refractivity contribution in [3.8, 4) is 0 Å². The van der Waals surface area contributed by atoms with Gasteiger partial charge in [0.15, 0.2) is 11.6 Å². The molecule has 1 rings (SSSR count). The standard InChI is InChI=1S/C9H11F2NO3/c10-7-4(9(15)6(14)3-13)1-2-5(12)8(7)11/h1-2,6,9,13-15H,3,12H2. The molecule has 4 nitrogen and oxygen atoms in total. The van der Waals surface area contributed by atoms with E-state index in [9.17, 15) is 13.9 Å². The summed E-state index contributed by atoms with van der Waals surface area (Å²) in [6.45, 7) is -0.757. The second kappa shape index (κ2) is 4.52. The number of nitrogen functional groups attached to an aromatic ring is 1. The number of hydrogen-bond donors (Lipinski definition) is 4. The van der Waals surface area contributed by atoms with E-state index < -0.39 is 36.0 Å². The van der Waals surface area contributed by atoms with Gasteiger partial charge in [-0.2, -0.15) is 0 Å². The fourth-order valence-corrected chi connectivity index (χ4v) is 1.11. The van der Waals surface area contributed by atoms with Crippen molar-refractivity contribution in [3.63, 3.8) is 0 Å². The third-order valence-corrected chi connectivity index (χ3v) is 2.01. The summed E-state index contributed by atoms with van der Waals surface area (Å²) in [6.07, 6.45) is -3.26. The van der Waals surface area contributed by atoms with E-state index in [2.05, 4.69) is 0 Å². The molecule has 2 unspecified atom stereocenters. The molecular weight excluding hydrogens is 208 g/mol. The molecule has 1 aromatic carbocycles. The van der Waals surface area contributed by atoms with Gasteiger partial charge >= 0.3 is 0 Å². The SMILES string of the molecule is Nc1ccc(C(O)C(O)CO)c(F)c1F. The summed E-state index contributed by atoms with van der Waals surface area (Å²) >= 11 is 0. The molecule has 0 amide bonds. The van der Waals surface area contributed by atoms with Crippen LogP contribution in [0, 0.1) is 11.6 Å². The molecular formula is C9H11F2NO3. The summed E-state index contributed by atoms with van der Waals surface area (Å²) < 4.78 is 26.2. The van der Waals surface area contributed by atoms with E-state index in [1.54, 1.807) is 0 Å². The predicted octanol–water partition coefficient (Wildman–Crippen LogP) is -0.0664. The topological polar surface area (TPSA) is 86.7 Å². The van der Waals surface area contributed by atoms with Gasteiger partial charge in [0.2, 0.25) is 0 Å². The molecule has 0 saturated carbocycles. The molecule has 0 bridgehead atoms. The van der Waals surface area contributed by atoms with Gasteiger partial charge in [-0.3, -0.25) is 0 Å². The van der Waals surface area contributed by atoms with Gasteiger partial charge in [-0.1, -0.05) is 6.07 Å². The molecule has 2 atom stereocenters. The van der Waals surface area contributed by atoms with Crippen molar-refractivity contribution in [2.24, 2.45) is 0 Å². The summed E-state index contributed by atoms with van der Waals surface area (Å²) in [7, 11) is 0. The second-order valence-electron chi connectivity index (χ2n) is 3.07. The molecule has 0 radical (unpaired) electrons. The third-order valence-electron chi connectivity index (χ3n) is 2.01. The first-order valence-electron chi connectivity index (χ1n) is 4.19. The molecule has 1 aromatic rings. The Labute approximate surface area is 84.6 Å². The lowest BCUT2D eigenvalue weighted by atomic mass is 10.0. The maximum atomic E-state index is 13.2. The average molecular weight is 219 g/mol. The minimum Gasteiger partial charge on any atom is -0.396 e. The zero-order chi connectivity index (χ0) is 11.6. The quantitative estimate of drug-likeness (QED) is 0.536. The van der Waals surface area contributed by atoms with Crippen molar-refractivity contribution in [3.05, 3.63) is 29.3 Å². The van der Waals surface area contributed by atoms with Crippen molar-refractivity contribution >= 4 is 5.69 Å². The van der Waals surface area contributed by atoms with Gasteiger partial charge in [-0.15, -0.1) is 0 Å². The van der Waals surface area contributed by atoms with E-state index in [-0.39, 0.29) is 5.69 Å². The molecule has 0 aliphatic heterocycles. The van der Waals surface area contributed by atoms with Gasteiger partial charge < -0.3 is 21.1 Å². The van der Waals surface area contributed by atoms with E-state index in [1.165, 1.54) is 0 Å². The molecule has 0 aliphatic rings. The second-order valence-corrected chi connectivity index (χ2v) is 3.07. The number of anilines is 1. The molecule has 0 aromatic heterocycles. The van der Waals surface area contributed by atoms with Crippen molar-refractivity contribution in [2.45, 2.75) is 12.2 Å². The zero-order valence-electron chi connectivity index (χ0n) is 7.69. The minimum atomic E-state index is -1.69. The Bertz CT molecular complexity index is 359. The normalized spacial score (nSPS) is 15.0. The maximum Gasteiger partial charge on any atom is 0.182 e. The van der Waals surface area contributed by atoms with E-state index in [4.69, 9.17) is 15.9 Å². The van der Waals surface area contributed by atoms with Gasteiger partial charge in [0.25, 0.3) is 0 Å². The fourth-order valence-electron chi connectivity index (χ4n) is 1.11. The van der Waals surface area contributed by atoms with E-state index >= 15 is 0 Å². The fraction of sp³-hybridized carbons (Fsp3) is 0.333. The average Bonchev–Trinajstić information content (AvgIpc) is 2.24. The monoisotopic (exact) mass is 219 g/mol. The van der Waals surface area contributed by atoms with Crippen LogP contribution in [0.25, 0.3) is 0 Å². The highest BCUT2D eigenvalue weighted by molar-refractivity contribution is 5.43. The molecule has 15 heavy (non-hydrogen) atoms. The number of aliphatic hydroxyl groups excluding tert-OH is 3. The van der Waals surface area contributed by atoms with Crippen molar-refractivity contribution < 1.29 is 24.1 Å². The smallest absolute Gasteiger partial charge is 0.182 e. The zero-order valence-corrected chi connectivity index (χ0v) is 7.69. The van der Waals surface area contributed by atoms with Crippen molar-refractivity contribution in [1.29, 1.82) is 0 Å². The molecule has 0 spiro atoms. The Hall–Kier alpha value is -1.24. The maximum absolute atomic E-state index is 13.2. The van der Waals surface area contributed by atoms with Gasteiger partial charge in [0.1, 0.15) is 12.2 Å². The van der Waals surface area contributed by atoms with Crippen LogP contribution in [0.2, 0.25) is 0 Å². The summed E-state index contributed by atoms with van der Waals surface area (Å²) in [5.41, 5.74) is 4.26. The highest BCUT2D eigenvalue weighted by Gasteiger charge is 2.23. The Balaban J connectivity index is 3.10. The first-order chi connectivity index (χ1) is 6.99. The number of aliphatic hydroxyl groups is 3. The van der Waals surface area contributed by atoms with Crippen LogP contribution in [0.1, 0.15) is 11.7 Å². The highest BCUT2D eigenvalue weighted by atomic mass is 19.2. The lowest BCUT2D eigenvalue weighted by Gasteiger charge is -2.17. The molecule has 5 N–H and O–H groups in total. The van der Waals surface area contributed by atoms with Crippen LogP contribution in [0.15, 0.2) is 12.1 Å². The Kier molecular flexibility index (Phi) is 3.57. The summed E-state index contributed by atoms with van der Waals surface area (Å²) in [5, 5.41) is 26.9. The lowest BCUT2D eigenvalue weighted by molar-refractivity contribution is -0.0170. The van der Waals surface area contributed by atoms with Gasteiger partial charge in [-0.25, -0.2) is 8.78 Å². The molecule has 0 fully saturated rings. The molecule has 6 heteroatoms. The van der Waals surface area contributed by atoms with Crippen LogP contribution in [-0.4, -0.2) is 28.0 Å². The molecule has 0 aliphatic carbocycles. The Morgan fingerprint density at radius 1 is 1.20 bits per heavy atom. The molecule has 0 heterocycles. The number of nitrogens with two attached hydrogens (primary N) is 1. The van der Waals surface area contributed by atoms with Gasteiger partial charge in [0.05, 0.1) is 12.3 Å². The third kappa shape index (κ3) is 2.23. The van der Waals surface area contributed by atoms with E-state index in [1.807, 2.05) is 0 Å². The highest BCUT2D eigenvalue weighted by Crippen LogP contribution is 2.25. The largest absolute Gasteiger partial charge is 0.396 e. The summed E-state index contributed by atoms with van der Waals surface area (Å²) in [4.78, 5) is 0. The Morgan fingerprint density at radius 3 is 2.33 bits per heavy atom. The van der Waals surface area contributed by atoms with Gasteiger partial charge in [0, 0.05) is 5.56 Å². The van der Waals surface area contributed by atoms with Crippen LogP contribution >= 0.6 is 0 Å². The molecule has 84 valence electrons. The van der Waals surface area contributed by atoms with Crippen LogP contribution < -0.4 is 5.73 Å². The van der Waals surface area contributed by atoms with Crippen LogP contribution in [0.4, 0.5) is 14.5 Å². The Morgan fingerprint density at radius 2 is 1.80 bits per heavy atom. The van der Waals surface area contributed by atoms with Crippen LogP contribution in [0.3, 0.4) is 0 Å². The van der Waals surface area contributed by atoms with E-state index in [0.717, 1.165) is 12.1 Å². The number of benzene rings is 1.